The summed E-state index contributed by atoms with van der Waals surface area (Å²) in [6, 6.07) is 24.7. The van der Waals surface area contributed by atoms with Gasteiger partial charge < -0.3 is 9.30 Å². The molecule has 1 aromatic heterocycles. The first-order chi connectivity index (χ1) is 13.6. The molecule has 4 rings (SSSR count). The van der Waals surface area contributed by atoms with Crippen LogP contribution in [0.5, 0.6) is 0 Å². The highest BCUT2D eigenvalue weighted by molar-refractivity contribution is 6.01. The summed E-state index contributed by atoms with van der Waals surface area (Å²) < 4.78 is 7.55. The molecule has 0 atom stereocenters. The van der Waals surface area contributed by atoms with Gasteiger partial charge in [-0.1, -0.05) is 54.6 Å². The molecule has 1 heterocycles. The van der Waals surface area contributed by atoms with Gasteiger partial charge in [0, 0.05) is 22.6 Å². The summed E-state index contributed by atoms with van der Waals surface area (Å²) in [5, 5.41) is 2.33. The van der Waals surface area contributed by atoms with Crippen molar-refractivity contribution in [1.82, 2.24) is 4.57 Å². The number of carbonyl (C=O) groups is 1. The van der Waals surface area contributed by atoms with Crippen LogP contribution in [0.25, 0.3) is 27.6 Å². The van der Waals surface area contributed by atoms with Crippen LogP contribution in [0.3, 0.4) is 0 Å². The van der Waals surface area contributed by atoms with Gasteiger partial charge in [0.2, 0.25) is 0 Å². The van der Waals surface area contributed by atoms with Crippen molar-refractivity contribution in [3.05, 3.63) is 89.7 Å². The summed E-state index contributed by atoms with van der Waals surface area (Å²) in [4.78, 5) is 12.9. The van der Waals surface area contributed by atoms with Crippen LogP contribution in [-0.4, -0.2) is 17.1 Å². The minimum absolute atomic E-state index is 0.277. The van der Waals surface area contributed by atoms with Crippen LogP contribution in [0.4, 0.5) is 0 Å². The number of nitrogens with zero attached hydrogens (tertiary/aromatic N) is 1. The Hall–Kier alpha value is -3.33. The van der Waals surface area contributed by atoms with Gasteiger partial charge in [-0.05, 0) is 55.3 Å². The van der Waals surface area contributed by atoms with Crippen molar-refractivity contribution in [2.75, 3.05) is 6.61 Å². The predicted octanol–water partition coefficient (Wildman–Crippen LogP) is 6.09. The zero-order chi connectivity index (χ0) is 19.7. The molecule has 140 valence electrons. The van der Waals surface area contributed by atoms with Crippen LogP contribution in [0.2, 0.25) is 0 Å². The fourth-order valence-corrected chi connectivity index (χ4v) is 3.95. The third-order valence-corrected chi connectivity index (χ3v) is 5.18. The summed E-state index contributed by atoms with van der Waals surface area (Å²) in [5.74, 6) is -0.277. The maximum absolute atomic E-state index is 12.9. The largest absolute Gasteiger partial charge is 0.462 e. The number of carbonyl (C=O) groups excluding carboxylic acids is 1. The van der Waals surface area contributed by atoms with E-state index in [1.54, 1.807) is 0 Å². The average Bonchev–Trinajstić information content (AvgIpc) is 2.98. The topological polar surface area (TPSA) is 31.2 Å². The van der Waals surface area contributed by atoms with Crippen LogP contribution in [0.1, 0.15) is 28.7 Å². The number of aromatic nitrogens is 1. The van der Waals surface area contributed by atoms with Gasteiger partial charge in [-0.15, -0.1) is 0 Å². The Labute approximate surface area is 165 Å². The Morgan fingerprint density at radius 1 is 0.857 bits per heavy atom. The Bertz CT molecular complexity index is 1160. The first kappa shape index (κ1) is 18.1. The van der Waals surface area contributed by atoms with Crippen molar-refractivity contribution in [2.45, 2.75) is 20.8 Å². The number of benzene rings is 3. The maximum atomic E-state index is 12.9. The minimum atomic E-state index is -0.277. The monoisotopic (exact) mass is 369 g/mol. The molecule has 0 saturated heterocycles. The molecule has 3 aromatic carbocycles. The molecule has 0 amide bonds. The normalized spacial score (nSPS) is 11.0. The number of hydrogen-bond donors (Lipinski definition) is 0. The minimum Gasteiger partial charge on any atom is -0.462 e. The highest BCUT2D eigenvalue weighted by Crippen LogP contribution is 2.36. The predicted molar refractivity (Wildman–Crippen MR) is 114 cm³/mol. The Morgan fingerprint density at radius 3 is 2.25 bits per heavy atom. The molecule has 3 heteroatoms. The van der Waals surface area contributed by atoms with Gasteiger partial charge in [0.1, 0.15) is 0 Å². The van der Waals surface area contributed by atoms with Crippen molar-refractivity contribution in [3.63, 3.8) is 0 Å². The van der Waals surface area contributed by atoms with Gasteiger partial charge in [0.15, 0.2) is 0 Å². The van der Waals surface area contributed by atoms with E-state index < -0.39 is 0 Å². The van der Waals surface area contributed by atoms with Crippen LogP contribution >= 0.6 is 0 Å². The molecule has 0 aliphatic rings. The molecule has 0 bridgehead atoms. The summed E-state index contributed by atoms with van der Waals surface area (Å²) in [6.07, 6.45) is 0. The maximum Gasteiger partial charge on any atom is 0.340 e. The summed E-state index contributed by atoms with van der Waals surface area (Å²) in [7, 11) is 0. The third-order valence-electron chi connectivity index (χ3n) is 5.18. The lowest BCUT2D eigenvalue weighted by Crippen LogP contribution is -2.07. The molecule has 0 fully saturated rings. The molecule has 0 aliphatic carbocycles. The van der Waals surface area contributed by atoms with Crippen molar-refractivity contribution in [1.29, 1.82) is 0 Å². The van der Waals surface area contributed by atoms with E-state index in [1.165, 1.54) is 5.39 Å². The lowest BCUT2D eigenvalue weighted by Gasteiger charge is -2.10. The first-order valence-electron chi connectivity index (χ1n) is 9.55. The summed E-state index contributed by atoms with van der Waals surface area (Å²) in [6.45, 7) is 6.24. The van der Waals surface area contributed by atoms with E-state index in [0.717, 1.165) is 33.6 Å². The molecule has 3 nitrogen and oxygen atoms in total. The quantitative estimate of drug-likeness (QED) is 0.408. The van der Waals surface area contributed by atoms with E-state index in [1.807, 2.05) is 44.2 Å². The molecular formula is C25H23NO2. The molecule has 28 heavy (non-hydrogen) atoms. The Morgan fingerprint density at radius 2 is 1.54 bits per heavy atom. The van der Waals surface area contributed by atoms with E-state index in [0.29, 0.717) is 12.2 Å². The second kappa shape index (κ2) is 7.35. The fraction of sp³-hybridized carbons (Fsp3) is 0.160. The van der Waals surface area contributed by atoms with E-state index >= 15 is 0 Å². The van der Waals surface area contributed by atoms with Gasteiger partial charge in [-0.25, -0.2) is 4.79 Å². The van der Waals surface area contributed by atoms with Crippen molar-refractivity contribution >= 4 is 16.7 Å². The van der Waals surface area contributed by atoms with Crippen LogP contribution < -0.4 is 0 Å². The first-order valence-corrected chi connectivity index (χ1v) is 9.55. The number of rotatable bonds is 4. The zero-order valence-electron chi connectivity index (χ0n) is 16.4. The van der Waals surface area contributed by atoms with E-state index in [4.69, 9.17) is 4.74 Å². The van der Waals surface area contributed by atoms with Crippen molar-refractivity contribution in [2.24, 2.45) is 0 Å². The zero-order valence-corrected chi connectivity index (χ0v) is 16.4. The van der Waals surface area contributed by atoms with Gasteiger partial charge in [-0.2, -0.15) is 0 Å². The highest BCUT2D eigenvalue weighted by Gasteiger charge is 2.25. The van der Waals surface area contributed by atoms with Crippen LogP contribution in [0, 0.1) is 13.8 Å². The second-order valence-electron chi connectivity index (χ2n) is 6.87. The van der Waals surface area contributed by atoms with E-state index in [2.05, 4.69) is 54.0 Å². The van der Waals surface area contributed by atoms with Crippen molar-refractivity contribution in [3.8, 4) is 16.8 Å². The lowest BCUT2D eigenvalue weighted by atomic mass is 9.97. The smallest absolute Gasteiger partial charge is 0.340 e. The molecule has 0 N–H and O–H groups in total. The molecule has 0 unspecified atom stereocenters. The van der Waals surface area contributed by atoms with Gasteiger partial charge >= 0.3 is 5.97 Å². The SMILES string of the molecule is CCOC(=O)c1c(-c2ccc3ccccc3c2)c(C)n(-c2ccccc2)c1C. The standard InChI is InChI=1S/C25H23NO2/c1-4-28-25(27)24-18(3)26(22-12-6-5-7-13-22)17(2)23(24)21-15-14-19-10-8-9-11-20(19)16-21/h5-16H,4H2,1-3H3. The van der Waals surface area contributed by atoms with Gasteiger partial charge in [-0.3, -0.25) is 0 Å². The lowest BCUT2D eigenvalue weighted by molar-refractivity contribution is 0.0526. The number of esters is 1. The number of fused-ring (bicyclic) bond motifs is 1. The third kappa shape index (κ3) is 2.99. The molecule has 0 aliphatic heterocycles. The number of ether oxygens (including phenoxy) is 1. The van der Waals surface area contributed by atoms with E-state index in [9.17, 15) is 4.79 Å². The highest BCUT2D eigenvalue weighted by atomic mass is 16.5. The summed E-state index contributed by atoms with van der Waals surface area (Å²) >= 11 is 0. The van der Waals surface area contributed by atoms with Gasteiger partial charge in [0.05, 0.1) is 12.2 Å². The van der Waals surface area contributed by atoms with Gasteiger partial charge in [0.25, 0.3) is 0 Å². The van der Waals surface area contributed by atoms with E-state index in [-0.39, 0.29) is 5.97 Å². The second-order valence-corrected chi connectivity index (χ2v) is 6.87. The molecule has 0 saturated carbocycles. The molecule has 0 radical (unpaired) electrons. The van der Waals surface area contributed by atoms with Crippen LogP contribution in [0.15, 0.2) is 72.8 Å². The number of para-hydroxylation sites is 1. The molecular weight excluding hydrogens is 346 g/mol. The van der Waals surface area contributed by atoms with Crippen molar-refractivity contribution < 1.29 is 9.53 Å². The Kier molecular flexibility index (Phi) is 4.74. The number of hydrogen-bond acceptors (Lipinski definition) is 2. The average molecular weight is 369 g/mol. The Balaban J connectivity index is 2.00. The fourth-order valence-electron chi connectivity index (χ4n) is 3.95. The summed E-state index contributed by atoms with van der Waals surface area (Å²) in [5.41, 5.74) is 5.56. The van der Waals surface area contributed by atoms with Crippen LogP contribution in [-0.2, 0) is 4.74 Å². The molecule has 4 aromatic rings. The molecule has 0 spiro atoms.